The number of carbonyl (C=O) groups excluding carboxylic acids is 1. The van der Waals surface area contributed by atoms with E-state index >= 15 is 0 Å². The highest BCUT2D eigenvalue weighted by molar-refractivity contribution is 5.93. The van der Waals surface area contributed by atoms with E-state index in [1.54, 1.807) is 11.5 Å². The van der Waals surface area contributed by atoms with E-state index in [1.807, 2.05) is 18.2 Å². The van der Waals surface area contributed by atoms with Gasteiger partial charge in [0.1, 0.15) is 0 Å². The average molecular weight is 217 g/mol. The highest BCUT2D eigenvalue weighted by Crippen LogP contribution is 2.26. The Morgan fingerprint density at radius 1 is 1.50 bits per heavy atom. The van der Waals surface area contributed by atoms with Crippen molar-refractivity contribution in [2.24, 2.45) is 5.92 Å². The van der Waals surface area contributed by atoms with Gasteiger partial charge in [-0.05, 0) is 48.4 Å². The molecular weight excluding hydrogens is 202 g/mol. The van der Waals surface area contributed by atoms with Gasteiger partial charge in [-0.3, -0.25) is 10.0 Å². The molecule has 2 N–H and O–H groups in total. The minimum atomic E-state index is -0.455. The van der Waals surface area contributed by atoms with Crippen LogP contribution in [0.3, 0.4) is 0 Å². The summed E-state index contributed by atoms with van der Waals surface area (Å²) in [7, 11) is 0. The average Bonchev–Trinajstić information content (AvgIpc) is 2.36. The van der Waals surface area contributed by atoms with Gasteiger partial charge in [-0.2, -0.15) is 0 Å². The molecule has 0 saturated heterocycles. The predicted molar refractivity (Wildman–Crippen MR) is 61.4 cm³/mol. The maximum absolute atomic E-state index is 11.3. The van der Waals surface area contributed by atoms with Crippen LogP contribution in [0.1, 0.15) is 27.9 Å². The normalized spacial score (nSPS) is 18.7. The van der Waals surface area contributed by atoms with Crippen molar-refractivity contribution in [2.75, 3.05) is 0 Å². The molecule has 0 bridgehead atoms. The second-order valence-corrected chi connectivity index (χ2v) is 4.16. The highest BCUT2D eigenvalue weighted by atomic mass is 16.5. The molecule has 1 atom stereocenters. The van der Waals surface area contributed by atoms with Crippen LogP contribution in [0.2, 0.25) is 0 Å². The fourth-order valence-corrected chi connectivity index (χ4v) is 2.19. The molecule has 3 heteroatoms. The van der Waals surface area contributed by atoms with Crippen molar-refractivity contribution in [1.82, 2.24) is 5.48 Å². The lowest BCUT2D eigenvalue weighted by atomic mass is 9.83. The third-order valence-electron chi connectivity index (χ3n) is 3.17. The summed E-state index contributed by atoms with van der Waals surface area (Å²) in [5, 5.41) is 8.57. The summed E-state index contributed by atoms with van der Waals surface area (Å²) in [6, 6.07) is 5.58. The Morgan fingerprint density at radius 2 is 2.31 bits per heavy atom. The Kier molecular flexibility index (Phi) is 3.06. The summed E-state index contributed by atoms with van der Waals surface area (Å²) in [6.45, 7) is 3.81. The van der Waals surface area contributed by atoms with Crippen LogP contribution < -0.4 is 5.48 Å². The molecule has 0 saturated carbocycles. The van der Waals surface area contributed by atoms with Crippen LogP contribution in [-0.4, -0.2) is 11.1 Å². The van der Waals surface area contributed by atoms with E-state index in [2.05, 4.69) is 6.58 Å². The Hall–Kier alpha value is -1.61. The molecule has 0 aliphatic heterocycles. The van der Waals surface area contributed by atoms with Crippen LogP contribution in [0.25, 0.3) is 0 Å². The van der Waals surface area contributed by atoms with Crippen LogP contribution in [0.5, 0.6) is 0 Å². The maximum atomic E-state index is 11.3. The summed E-state index contributed by atoms with van der Waals surface area (Å²) in [4.78, 5) is 11.3. The van der Waals surface area contributed by atoms with Gasteiger partial charge >= 0.3 is 0 Å². The molecule has 3 nitrogen and oxygen atoms in total. The van der Waals surface area contributed by atoms with Crippen LogP contribution in [-0.2, 0) is 12.8 Å². The SMILES string of the molecule is C=CC1CCc2ccc(C(=O)NO)cc2C1. The molecule has 2 rings (SSSR count). The van der Waals surface area contributed by atoms with Crippen molar-refractivity contribution in [3.05, 3.63) is 47.5 Å². The number of fused-ring (bicyclic) bond motifs is 1. The van der Waals surface area contributed by atoms with Gasteiger partial charge in [0.2, 0.25) is 0 Å². The standard InChI is InChI=1S/C13H15NO2/c1-2-9-3-4-10-5-6-11(13(15)14-16)8-12(10)7-9/h2,5-6,8-9,16H,1,3-4,7H2,(H,14,15). The Bertz CT molecular complexity index is 426. The van der Waals surface area contributed by atoms with Gasteiger partial charge in [0.05, 0.1) is 0 Å². The molecule has 0 spiro atoms. The molecule has 84 valence electrons. The fraction of sp³-hybridized carbons (Fsp3) is 0.308. The largest absolute Gasteiger partial charge is 0.288 e. The van der Waals surface area contributed by atoms with Gasteiger partial charge in [0.25, 0.3) is 5.91 Å². The summed E-state index contributed by atoms with van der Waals surface area (Å²) in [5.74, 6) is 0.0449. The van der Waals surface area contributed by atoms with Gasteiger partial charge in [-0.1, -0.05) is 12.1 Å². The van der Waals surface area contributed by atoms with Crippen LogP contribution in [0.4, 0.5) is 0 Å². The third-order valence-corrected chi connectivity index (χ3v) is 3.17. The van der Waals surface area contributed by atoms with Gasteiger partial charge in [-0.25, -0.2) is 5.48 Å². The van der Waals surface area contributed by atoms with Crippen molar-refractivity contribution in [1.29, 1.82) is 0 Å². The van der Waals surface area contributed by atoms with Crippen molar-refractivity contribution in [3.63, 3.8) is 0 Å². The molecule has 1 aromatic rings. The van der Waals surface area contributed by atoms with E-state index in [1.165, 1.54) is 11.1 Å². The molecular formula is C13H15NO2. The second kappa shape index (κ2) is 4.49. The summed E-state index contributed by atoms with van der Waals surface area (Å²) in [5.41, 5.74) is 4.65. The molecule has 1 aromatic carbocycles. The summed E-state index contributed by atoms with van der Waals surface area (Å²) >= 11 is 0. The number of hydrogen-bond donors (Lipinski definition) is 2. The lowest BCUT2D eigenvalue weighted by Crippen LogP contribution is -2.20. The first kappa shape index (κ1) is 10.9. The van der Waals surface area contributed by atoms with Crippen molar-refractivity contribution in [2.45, 2.75) is 19.3 Å². The van der Waals surface area contributed by atoms with E-state index in [-0.39, 0.29) is 0 Å². The Balaban J connectivity index is 2.30. The molecule has 1 unspecified atom stereocenters. The third kappa shape index (κ3) is 1.99. The molecule has 0 heterocycles. The topological polar surface area (TPSA) is 49.3 Å². The predicted octanol–water partition coefficient (Wildman–Crippen LogP) is 2.10. The minimum absolute atomic E-state index is 0.455. The second-order valence-electron chi connectivity index (χ2n) is 4.16. The zero-order valence-electron chi connectivity index (χ0n) is 9.07. The molecule has 16 heavy (non-hydrogen) atoms. The van der Waals surface area contributed by atoms with Crippen molar-refractivity contribution in [3.8, 4) is 0 Å². The number of hydroxylamine groups is 1. The number of aryl methyl sites for hydroxylation is 1. The number of nitrogens with one attached hydrogen (secondary N) is 1. The van der Waals surface area contributed by atoms with Gasteiger partial charge < -0.3 is 0 Å². The van der Waals surface area contributed by atoms with Gasteiger partial charge in [0, 0.05) is 5.56 Å². The highest BCUT2D eigenvalue weighted by Gasteiger charge is 2.17. The number of benzene rings is 1. The number of allylic oxidation sites excluding steroid dienone is 1. The van der Waals surface area contributed by atoms with Crippen molar-refractivity contribution >= 4 is 5.91 Å². The number of amides is 1. The number of hydrogen-bond acceptors (Lipinski definition) is 2. The molecule has 0 aromatic heterocycles. The summed E-state index contributed by atoms with van der Waals surface area (Å²) < 4.78 is 0. The molecule has 1 aliphatic rings. The summed E-state index contributed by atoms with van der Waals surface area (Å²) in [6.07, 6.45) is 5.07. The lowest BCUT2D eigenvalue weighted by molar-refractivity contribution is 0.0706. The fourth-order valence-electron chi connectivity index (χ4n) is 2.19. The van der Waals surface area contributed by atoms with E-state index in [0.717, 1.165) is 19.3 Å². The van der Waals surface area contributed by atoms with Gasteiger partial charge in [0.15, 0.2) is 0 Å². The lowest BCUT2D eigenvalue weighted by Gasteiger charge is -2.22. The number of carbonyl (C=O) groups is 1. The Morgan fingerprint density at radius 3 is 3.00 bits per heavy atom. The van der Waals surface area contributed by atoms with Crippen LogP contribution >= 0.6 is 0 Å². The monoisotopic (exact) mass is 217 g/mol. The smallest absolute Gasteiger partial charge is 0.274 e. The molecule has 1 amide bonds. The van der Waals surface area contributed by atoms with E-state index in [4.69, 9.17) is 5.21 Å². The molecule has 0 radical (unpaired) electrons. The first-order valence-corrected chi connectivity index (χ1v) is 5.43. The minimum Gasteiger partial charge on any atom is -0.288 e. The first-order chi connectivity index (χ1) is 7.74. The molecule has 1 aliphatic carbocycles. The van der Waals surface area contributed by atoms with Crippen molar-refractivity contribution < 1.29 is 10.0 Å². The van der Waals surface area contributed by atoms with Gasteiger partial charge in [-0.15, -0.1) is 6.58 Å². The van der Waals surface area contributed by atoms with Crippen LogP contribution in [0.15, 0.2) is 30.9 Å². The quantitative estimate of drug-likeness (QED) is 0.453. The Labute approximate surface area is 94.8 Å². The van der Waals surface area contributed by atoms with E-state index in [0.29, 0.717) is 11.5 Å². The van der Waals surface area contributed by atoms with Crippen LogP contribution in [0, 0.1) is 5.92 Å². The van der Waals surface area contributed by atoms with E-state index in [9.17, 15) is 4.79 Å². The van der Waals surface area contributed by atoms with E-state index < -0.39 is 5.91 Å². The molecule has 0 fully saturated rings. The number of rotatable bonds is 2. The zero-order chi connectivity index (χ0) is 11.5. The zero-order valence-corrected chi connectivity index (χ0v) is 9.07. The first-order valence-electron chi connectivity index (χ1n) is 5.43. The maximum Gasteiger partial charge on any atom is 0.274 e.